The molecule has 5 nitrogen and oxygen atoms in total. The first-order chi connectivity index (χ1) is 41.6. The Morgan fingerprint density at radius 2 is 0.512 bits per heavy atom. The number of hydrogen-bond acceptors (Lipinski definition) is 5. The molecule has 0 heterocycles. The highest BCUT2D eigenvalue weighted by Crippen LogP contribution is 2.19. The van der Waals surface area contributed by atoms with E-state index in [4.69, 9.17) is 9.47 Å². The summed E-state index contributed by atoms with van der Waals surface area (Å²) < 4.78 is 10.8. The van der Waals surface area contributed by atoms with Crippen LogP contribution in [0, 0.1) is 0 Å². The van der Waals surface area contributed by atoms with Crippen LogP contribution in [0.1, 0.15) is 386 Å². The number of carbonyl (C=O) groups excluding carboxylic acids is 2. The summed E-state index contributed by atoms with van der Waals surface area (Å²) in [7, 11) is 0. The number of rotatable bonds is 69. The number of esters is 2. The number of ether oxygens (including phenoxy) is 2. The maximum absolute atomic E-state index is 12.4. The first kappa shape index (κ1) is 81.1. The average molecular weight is 1170 g/mol. The number of aliphatic hydroxyl groups is 1. The van der Waals surface area contributed by atoms with Gasteiger partial charge < -0.3 is 14.6 Å². The molecule has 5 heteroatoms. The molecule has 0 radical (unpaired) electrons. The van der Waals surface area contributed by atoms with E-state index in [9.17, 15) is 14.7 Å². The van der Waals surface area contributed by atoms with E-state index >= 15 is 0 Å². The Morgan fingerprint density at radius 1 is 0.286 bits per heavy atom. The van der Waals surface area contributed by atoms with Crippen molar-refractivity contribution in [2.75, 3.05) is 13.2 Å². The van der Waals surface area contributed by atoms with E-state index in [1.54, 1.807) is 0 Å². The van der Waals surface area contributed by atoms with E-state index in [2.05, 4.69) is 98.9 Å². The quantitative estimate of drug-likeness (QED) is 0.0373. The van der Waals surface area contributed by atoms with Crippen LogP contribution in [-0.2, 0) is 19.1 Å². The third kappa shape index (κ3) is 71.6. The third-order valence-corrected chi connectivity index (χ3v) is 16.7. The Bertz CT molecular complexity index is 1520. The van der Waals surface area contributed by atoms with Crippen molar-refractivity contribution in [3.63, 3.8) is 0 Å². The van der Waals surface area contributed by atoms with Gasteiger partial charge in [-0.25, -0.2) is 0 Å². The van der Waals surface area contributed by atoms with Crippen LogP contribution in [0.25, 0.3) is 0 Å². The van der Waals surface area contributed by atoms with Crippen molar-refractivity contribution >= 4 is 11.9 Å². The number of aliphatic hydroxyl groups excluding tert-OH is 1. The molecule has 0 fully saturated rings. The first-order valence-corrected chi connectivity index (χ1v) is 37.1. The number of carbonyl (C=O) groups is 2. The summed E-state index contributed by atoms with van der Waals surface area (Å²) >= 11 is 0. The van der Waals surface area contributed by atoms with Gasteiger partial charge in [0.25, 0.3) is 0 Å². The van der Waals surface area contributed by atoms with Crippen molar-refractivity contribution in [1.82, 2.24) is 0 Å². The van der Waals surface area contributed by atoms with E-state index in [-0.39, 0.29) is 25.2 Å². The minimum absolute atomic E-state index is 0.0612. The Kier molecular flexibility index (Phi) is 71.7. The monoisotopic (exact) mass is 1170 g/mol. The van der Waals surface area contributed by atoms with Crippen LogP contribution in [0.2, 0.25) is 0 Å². The number of allylic oxidation sites excluding steroid dienone is 14. The Hall–Kier alpha value is -2.92. The van der Waals surface area contributed by atoms with E-state index < -0.39 is 6.10 Å². The lowest BCUT2D eigenvalue weighted by molar-refractivity contribution is -0.161. The fraction of sp³-hybridized carbons (Fsp3) is 0.797. The predicted octanol–water partition coefficient (Wildman–Crippen LogP) is 26.0. The molecular formula is C79H142O5. The van der Waals surface area contributed by atoms with Crippen LogP contribution in [0.4, 0.5) is 0 Å². The highest BCUT2D eigenvalue weighted by atomic mass is 16.6. The van der Waals surface area contributed by atoms with Crippen LogP contribution >= 0.6 is 0 Å². The van der Waals surface area contributed by atoms with Crippen molar-refractivity contribution in [1.29, 1.82) is 0 Å². The van der Waals surface area contributed by atoms with E-state index in [1.807, 2.05) is 0 Å². The molecule has 0 amide bonds. The molecule has 0 aromatic heterocycles. The molecule has 0 saturated heterocycles. The SMILES string of the molecule is CC/C=C\C/C=C\C/C=C\C/C=C\C/C=C\C/C=C\C/C=C\CCCCCCCCCCCCCCCCCCCCCC(=O)OC(CO)COC(=O)CCCCCCCCCCCCCCCCCCCCCCCCCCCCCCC. The van der Waals surface area contributed by atoms with Gasteiger partial charge in [0, 0.05) is 12.8 Å². The molecule has 84 heavy (non-hydrogen) atoms. The molecule has 1 unspecified atom stereocenters. The van der Waals surface area contributed by atoms with Crippen molar-refractivity contribution in [2.45, 2.75) is 392 Å². The largest absolute Gasteiger partial charge is 0.462 e. The molecule has 1 atom stereocenters. The van der Waals surface area contributed by atoms with E-state index in [0.717, 1.165) is 77.0 Å². The van der Waals surface area contributed by atoms with E-state index in [1.165, 1.54) is 283 Å². The topological polar surface area (TPSA) is 72.8 Å². The Labute approximate surface area is 524 Å². The van der Waals surface area contributed by atoms with Crippen LogP contribution < -0.4 is 0 Å². The minimum atomic E-state index is -0.773. The van der Waals surface area contributed by atoms with Crippen LogP contribution in [0.15, 0.2) is 85.1 Å². The molecule has 0 aliphatic rings. The molecule has 0 aromatic rings. The zero-order chi connectivity index (χ0) is 60.5. The van der Waals surface area contributed by atoms with Crippen molar-refractivity contribution in [2.24, 2.45) is 0 Å². The Balaban J connectivity index is 3.42. The maximum Gasteiger partial charge on any atom is 0.306 e. The van der Waals surface area contributed by atoms with Gasteiger partial charge in [-0.1, -0.05) is 388 Å². The molecule has 0 rings (SSSR count). The molecule has 0 aliphatic carbocycles. The van der Waals surface area contributed by atoms with Gasteiger partial charge >= 0.3 is 11.9 Å². The van der Waals surface area contributed by atoms with Gasteiger partial charge in [0.05, 0.1) is 6.61 Å². The smallest absolute Gasteiger partial charge is 0.306 e. The highest BCUT2D eigenvalue weighted by molar-refractivity contribution is 5.70. The van der Waals surface area contributed by atoms with Gasteiger partial charge in [0.1, 0.15) is 6.61 Å². The van der Waals surface area contributed by atoms with Crippen molar-refractivity contribution in [3.8, 4) is 0 Å². The van der Waals surface area contributed by atoms with Crippen LogP contribution in [0.5, 0.6) is 0 Å². The second-order valence-corrected chi connectivity index (χ2v) is 25.0. The lowest BCUT2D eigenvalue weighted by atomic mass is 10.0. The second kappa shape index (κ2) is 74.3. The van der Waals surface area contributed by atoms with Gasteiger partial charge in [-0.15, -0.1) is 0 Å². The summed E-state index contributed by atoms with van der Waals surface area (Å²) in [6.45, 7) is 4.08. The predicted molar refractivity (Wildman–Crippen MR) is 371 cm³/mol. The summed E-state index contributed by atoms with van der Waals surface area (Å²) in [4.78, 5) is 24.7. The van der Waals surface area contributed by atoms with Crippen molar-refractivity contribution < 1.29 is 24.2 Å². The molecule has 0 spiro atoms. The molecule has 0 bridgehead atoms. The third-order valence-electron chi connectivity index (χ3n) is 16.7. The zero-order valence-corrected chi connectivity index (χ0v) is 56.2. The maximum atomic E-state index is 12.4. The average Bonchev–Trinajstić information content (AvgIpc) is 3.51. The number of unbranched alkanes of at least 4 members (excludes halogenated alkanes) is 47. The molecule has 1 N–H and O–H groups in total. The Morgan fingerprint density at radius 3 is 0.774 bits per heavy atom. The van der Waals surface area contributed by atoms with Crippen molar-refractivity contribution in [3.05, 3.63) is 85.1 Å². The van der Waals surface area contributed by atoms with Gasteiger partial charge in [0.15, 0.2) is 6.10 Å². The first-order valence-electron chi connectivity index (χ1n) is 37.1. The molecule has 488 valence electrons. The fourth-order valence-electron chi connectivity index (χ4n) is 11.2. The summed E-state index contributed by atoms with van der Waals surface area (Å²) in [6, 6.07) is 0. The van der Waals surface area contributed by atoms with E-state index in [0.29, 0.717) is 12.8 Å². The highest BCUT2D eigenvalue weighted by Gasteiger charge is 2.16. The normalized spacial score (nSPS) is 12.7. The zero-order valence-electron chi connectivity index (χ0n) is 56.2. The fourth-order valence-corrected chi connectivity index (χ4v) is 11.2. The molecular weight excluding hydrogens is 1030 g/mol. The van der Waals surface area contributed by atoms with Gasteiger partial charge in [-0.05, 0) is 70.6 Å². The lowest BCUT2D eigenvalue weighted by Crippen LogP contribution is -2.28. The molecule has 0 aromatic carbocycles. The van der Waals surface area contributed by atoms with Gasteiger partial charge in [0.2, 0.25) is 0 Å². The summed E-state index contributed by atoms with van der Waals surface area (Å²) in [5.74, 6) is -0.569. The summed E-state index contributed by atoms with van der Waals surface area (Å²) in [5.41, 5.74) is 0. The van der Waals surface area contributed by atoms with Gasteiger partial charge in [-0.2, -0.15) is 0 Å². The minimum Gasteiger partial charge on any atom is -0.462 e. The second-order valence-electron chi connectivity index (χ2n) is 25.0. The summed E-state index contributed by atoms with van der Waals surface area (Å²) in [5, 5.41) is 9.71. The summed E-state index contributed by atoms with van der Waals surface area (Å²) in [6.07, 6.45) is 105. The van der Waals surface area contributed by atoms with Gasteiger partial charge in [-0.3, -0.25) is 9.59 Å². The standard InChI is InChI=1S/C79H142O5/c1-3-5-7-9-11-13-15-17-19-21-23-25-27-29-31-33-34-35-36-37-38-39-40-41-42-43-44-46-48-50-52-54-56-58-60-62-64-66-68-70-72-74-79(82)84-77(75-80)76-83-78(81)73-71-69-67-65-63-61-59-57-55-53-51-49-47-45-32-30-28-26-24-22-20-18-16-14-12-10-8-6-4-2/h5,7,11,13,17,19,23,25,29,31,34-35,37-38,77,80H,3-4,6,8-10,12,14-16,18,20-22,24,26-28,30,32-33,36,39-76H2,1-2H3/b7-5-,13-11-,19-17-,25-23-,31-29-,35-34-,38-37-. The van der Waals surface area contributed by atoms with Crippen LogP contribution in [-0.4, -0.2) is 36.4 Å². The molecule has 0 aliphatic heterocycles. The lowest BCUT2D eigenvalue weighted by Gasteiger charge is -2.15. The molecule has 0 saturated carbocycles. The van der Waals surface area contributed by atoms with Crippen LogP contribution in [0.3, 0.4) is 0 Å². The number of hydrogen-bond donors (Lipinski definition) is 1.